The number of hydrogen-bond acceptors (Lipinski definition) is 4. The molecule has 0 bridgehead atoms. The first-order valence-corrected chi connectivity index (χ1v) is 10.1. The summed E-state index contributed by atoms with van der Waals surface area (Å²) >= 11 is 7.70. The van der Waals surface area contributed by atoms with Gasteiger partial charge in [0.1, 0.15) is 5.01 Å². The van der Waals surface area contributed by atoms with Crippen molar-refractivity contribution in [2.24, 2.45) is 0 Å². The van der Waals surface area contributed by atoms with E-state index in [9.17, 15) is 4.79 Å². The minimum atomic E-state index is -0.101. The van der Waals surface area contributed by atoms with Crippen LogP contribution in [0, 0.1) is 0 Å². The molecule has 2 aromatic carbocycles. The number of nitrogens with zero attached hydrogens (tertiary/aromatic N) is 2. The van der Waals surface area contributed by atoms with E-state index in [1.807, 2.05) is 29.5 Å². The van der Waals surface area contributed by atoms with E-state index < -0.39 is 0 Å². The third kappa shape index (κ3) is 5.39. The predicted octanol–water partition coefficient (Wildman–Crippen LogP) is 5.10. The summed E-state index contributed by atoms with van der Waals surface area (Å²) in [4.78, 5) is 18.9. The molecule has 0 unspecified atom stereocenters. The zero-order valence-corrected chi connectivity index (χ0v) is 17.0. The molecule has 0 saturated heterocycles. The normalized spacial score (nSPS) is 11.0. The van der Waals surface area contributed by atoms with Gasteiger partial charge in [-0.25, -0.2) is 4.98 Å². The number of benzene rings is 2. The molecule has 1 amide bonds. The predicted molar refractivity (Wildman–Crippen MR) is 113 cm³/mol. The van der Waals surface area contributed by atoms with Crippen molar-refractivity contribution in [2.45, 2.75) is 19.9 Å². The van der Waals surface area contributed by atoms with Crippen LogP contribution in [0.2, 0.25) is 5.02 Å². The SMILES string of the molecule is CCc1ccc(-c2nc(CN(C)CC(=O)Nc3ccccc3Cl)cs2)cc1. The fourth-order valence-electron chi connectivity index (χ4n) is 2.73. The number of halogens is 1. The lowest BCUT2D eigenvalue weighted by atomic mass is 10.1. The molecule has 0 radical (unpaired) electrons. The van der Waals surface area contributed by atoms with E-state index in [0.29, 0.717) is 17.3 Å². The number of rotatable bonds is 7. The molecule has 0 aliphatic heterocycles. The van der Waals surface area contributed by atoms with Crippen LogP contribution in [0.25, 0.3) is 10.6 Å². The molecule has 3 rings (SSSR count). The number of aromatic nitrogens is 1. The highest BCUT2D eigenvalue weighted by Crippen LogP contribution is 2.25. The molecule has 0 atom stereocenters. The summed E-state index contributed by atoms with van der Waals surface area (Å²) in [6.07, 6.45) is 1.03. The van der Waals surface area contributed by atoms with Crippen molar-refractivity contribution < 1.29 is 4.79 Å². The van der Waals surface area contributed by atoms with Crippen molar-refractivity contribution in [1.29, 1.82) is 0 Å². The maximum atomic E-state index is 12.2. The van der Waals surface area contributed by atoms with Crippen LogP contribution in [-0.4, -0.2) is 29.4 Å². The lowest BCUT2D eigenvalue weighted by Gasteiger charge is -2.15. The highest BCUT2D eigenvalue weighted by atomic mass is 35.5. The number of hydrogen-bond donors (Lipinski definition) is 1. The minimum Gasteiger partial charge on any atom is -0.324 e. The molecule has 3 aromatic rings. The summed E-state index contributed by atoms with van der Waals surface area (Å²) < 4.78 is 0. The van der Waals surface area contributed by atoms with Crippen LogP contribution in [0.15, 0.2) is 53.9 Å². The van der Waals surface area contributed by atoms with E-state index in [2.05, 4.69) is 36.5 Å². The summed E-state index contributed by atoms with van der Waals surface area (Å²) in [5, 5.41) is 6.42. The van der Waals surface area contributed by atoms with Gasteiger partial charge in [0.15, 0.2) is 0 Å². The van der Waals surface area contributed by atoms with E-state index >= 15 is 0 Å². The molecule has 27 heavy (non-hydrogen) atoms. The molecule has 6 heteroatoms. The largest absolute Gasteiger partial charge is 0.324 e. The number of likely N-dealkylation sites (N-methyl/N-ethyl adjacent to an activating group) is 1. The number of amides is 1. The third-order valence-electron chi connectivity index (χ3n) is 4.15. The maximum absolute atomic E-state index is 12.2. The van der Waals surface area contributed by atoms with Crippen molar-refractivity contribution in [3.63, 3.8) is 0 Å². The summed E-state index contributed by atoms with van der Waals surface area (Å²) in [6.45, 7) is 3.02. The Hall–Kier alpha value is -2.21. The van der Waals surface area contributed by atoms with Gasteiger partial charge in [-0.15, -0.1) is 11.3 Å². The van der Waals surface area contributed by atoms with Gasteiger partial charge in [0.25, 0.3) is 0 Å². The quantitative estimate of drug-likeness (QED) is 0.601. The summed E-state index contributed by atoms with van der Waals surface area (Å²) in [7, 11) is 1.90. The molecule has 1 N–H and O–H groups in total. The van der Waals surface area contributed by atoms with Crippen LogP contribution in [0.4, 0.5) is 5.69 Å². The molecule has 0 aliphatic rings. The topological polar surface area (TPSA) is 45.2 Å². The van der Waals surface area contributed by atoms with Crippen LogP contribution in [0.5, 0.6) is 0 Å². The lowest BCUT2D eigenvalue weighted by Crippen LogP contribution is -2.30. The molecule has 140 valence electrons. The average Bonchev–Trinajstić information content (AvgIpc) is 3.12. The van der Waals surface area contributed by atoms with Crippen LogP contribution in [0.1, 0.15) is 18.2 Å². The van der Waals surface area contributed by atoms with E-state index in [1.54, 1.807) is 23.5 Å². The molecule has 0 spiro atoms. The molecule has 0 fully saturated rings. The van der Waals surface area contributed by atoms with Crippen LogP contribution >= 0.6 is 22.9 Å². The molecule has 4 nitrogen and oxygen atoms in total. The first kappa shape index (κ1) is 19.5. The van der Waals surface area contributed by atoms with Gasteiger partial charge in [-0.3, -0.25) is 9.69 Å². The fourth-order valence-corrected chi connectivity index (χ4v) is 3.73. The van der Waals surface area contributed by atoms with Gasteiger partial charge in [0.05, 0.1) is 22.9 Å². The standard InChI is InChI=1S/C21H22ClN3OS/c1-3-15-8-10-16(11-9-15)21-23-17(14-27-21)12-25(2)13-20(26)24-19-7-5-4-6-18(19)22/h4-11,14H,3,12-13H2,1-2H3,(H,24,26). The number of nitrogens with one attached hydrogen (secondary N) is 1. The highest BCUT2D eigenvalue weighted by molar-refractivity contribution is 7.13. The molecular weight excluding hydrogens is 378 g/mol. The Labute approximate surface area is 168 Å². The zero-order chi connectivity index (χ0) is 19.2. The Bertz CT molecular complexity index is 908. The first-order valence-electron chi connectivity index (χ1n) is 8.81. The number of para-hydroxylation sites is 1. The van der Waals surface area contributed by atoms with Crippen molar-refractivity contribution in [1.82, 2.24) is 9.88 Å². The molecule has 0 aliphatic carbocycles. The number of thiazole rings is 1. The Kier molecular flexibility index (Phi) is 6.61. The number of carbonyl (C=O) groups is 1. The van der Waals surface area contributed by atoms with Crippen LogP contribution < -0.4 is 5.32 Å². The second-order valence-electron chi connectivity index (χ2n) is 6.39. The summed E-state index contributed by atoms with van der Waals surface area (Å²) in [5.41, 5.74) is 4.04. The molecule has 1 heterocycles. The van der Waals surface area contributed by atoms with Gasteiger partial charge >= 0.3 is 0 Å². The average molecular weight is 400 g/mol. The molecule has 1 aromatic heterocycles. The van der Waals surface area contributed by atoms with Crippen LogP contribution in [-0.2, 0) is 17.8 Å². The van der Waals surface area contributed by atoms with Crippen LogP contribution in [0.3, 0.4) is 0 Å². The number of aryl methyl sites for hydroxylation is 1. The molecular formula is C21H22ClN3OS. The van der Waals surface area contributed by atoms with Gasteiger partial charge in [0, 0.05) is 17.5 Å². The van der Waals surface area contributed by atoms with Crippen molar-refractivity contribution in [3.8, 4) is 10.6 Å². The Morgan fingerprint density at radius 2 is 1.93 bits per heavy atom. The van der Waals surface area contributed by atoms with Gasteiger partial charge in [-0.2, -0.15) is 0 Å². The van der Waals surface area contributed by atoms with Gasteiger partial charge in [-0.05, 0) is 31.2 Å². The Morgan fingerprint density at radius 1 is 1.19 bits per heavy atom. The minimum absolute atomic E-state index is 0.101. The summed E-state index contributed by atoms with van der Waals surface area (Å²) in [5.74, 6) is -0.101. The molecule has 0 saturated carbocycles. The second-order valence-corrected chi connectivity index (χ2v) is 7.66. The Morgan fingerprint density at radius 3 is 2.63 bits per heavy atom. The van der Waals surface area contributed by atoms with Gasteiger partial charge < -0.3 is 5.32 Å². The first-order chi connectivity index (χ1) is 13.0. The van der Waals surface area contributed by atoms with E-state index in [-0.39, 0.29) is 12.5 Å². The second kappa shape index (κ2) is 9.13. The van der Waals surface area contributed by atoms with Crippen molar-refractivity contribution in [3.05, 3.63) is 70.2 Å². The van der Waals surface area contributed by atoms with E-state index in [1.165, 1.54) is 5.56 Å². The van der Waals surface area contributed by atoms with E-state index in [0.717, 1.165) is 22.7 Å². The van der Waals surface area contributed by atoms with Gasteiger partial charge in [0.2, 0.25) is 5.91 Å². The highest BCUT2D eigenvalue weighted by Gasteiger charge is 2.11. The lowest BCUT2D eigenvalue weighted by molar-refractivity contribution is -0.117. The monoisotopic (exact) mass is 399 g/mol. The zero-order valence-electron chi connectivity index (χ0n) is 15.4. The van der Waals surface area contributed by atoms with Crippen molar-refractivity contribution >= 4 is 34.5 Å². The Balaban J connectivity index is 1.56. The summed E-state index contributed by atoms with van der Waals surface area (Å²) in [6, 6.07) is 15.7. The number of anilines is 1. The smallest absolute Gasteiger partial charge is 0.238 e. The number of carbonyl (C=O) groups excluding carboxylic acids is 1. The fraction of sp³-hybridized carbons (Fsp3) is 0.238. The van der Waals surface area contributed by atoms with Crippen molar-refractivity contribution in [2.75, 3.05) is 18.9 Å². The third-order valence-corrected chi connectivity index (χ3v) is 5.42. The maximum Gasteiger partial charge on any atom is 0.238 e. The van der Waals surface area contributed by atoms with E-state index in [4.69, 9.17) is 16.6 Å². The van der Waals surface area contributed by atoms with Gasteiger partial charge in [-0.1, -0.05) is 54.9 Å².